The first-order valence-corrected chi connectivity index (χ1v) is 22.3. The maximum absolute atomic E-state index is 9.81. The van der Waals surface area contributed by atoms with Crippen molar-refractivity contribution in [1.82, 2.24) is 39.9 Å². The zero-order valence-electron chi connectivity index (χ0n) is 38.3. The van der Waals surface area contributed by atoms with E-state index in [1.54, 1.807) is 60.7 Å². The molecule has 0 radical (unpaired) electrons. The second kappa shape index (κ2) is 19.8. The molecule has 0 bridgehead atoms. The minimum atomic E-state index is -0.709. The molecule has 1 fully saturated rings. The van der Waals surface area contributed by atoms with Gasteiger partial charge in [0.15, 0.2) is 34.2 Å². The Hall–Kier alpha value is -9.69. The molecule has 1 saturated heterocycles. The van der Waals surface area contributed by atoms with Gasteiger partial charge < -0.3 is 18.1 Å². The van der Waals surface area contributed by atoms with Crippen LogP contribution >= 0.6 is 34.8 Å². The van der Waals surface area contributed by atoms with E-state index in [1.807, 2.05) is 58.0 Å². The van der Waals surface area contributed by atoms with Crippen LogP contribution in [0.4, 0.5) is 0 Å². The Morgan fingerprint density at radius 2 is 1.04 bits per heavy atom. The molecule has 74 heavy (non-hydrogen) atoms. The highest BCUT2D eigenvalue weighted by molar-refractivity contribution is 6.62. The van der Waals surface area contributed by atoms with Crippen LogP contribution in [0, 0.1) is 63.2 Å². The lowest BCUT2D eigenvalue weighted by atomic mass is 9.76. The van der Waals surface area contributed by atoms with Crippen LogP contribution in [0.3, 0.4) is 0 Å². The minimum Gasteiger partial charge on any atom is -0.434 e. The molecule has 11 rings (SSSR count). The van der Waals surface area contributed by atoms with E-state index in [9.17, 15) is 10.5 Å². The van der Waals surface area contributed by atoms with Crippen molar-refractivity contribution in [1.29, 1.82) is 26.3 Å². The second-order valence-electron chi connectivity index (χ2n) is 16.3. The minimum absolute atomic E-state index is 0.00209. The molecule has 8 aromatic rings. The molecule has 3 aliphatic heterocycles. The molecule has 0 aliphatic carbocycles. The number of oxazole rings is 2. The van der Waals surface area contributed by atoms with Crippen molar-refractivity contribution in [3.05, 3.63) is 156 Å². The normalized spacial score (nSPS) is 14.7. The highest BCUT2D eigenvalue weighted by Crippen LogP contribution is 2.36. The molecule has 0 N–H and O–H groups in total. The van der Waals surface area contributed by atoms with Gasteiger partial charge in [0, 0.05) is 11.0 Å². The summed E-state index contributed by atoms with van der Waals surface area (Å²) in [5.41, 5.74) is 2.28. The van der Waals surface area contributed by atoms with Crippen molar-refractivity contribution in [2.24, 2.45) is 20.0 Å². The van der Waals surface area contributed by atoms with Crippen LogP contribution in [0.1, 0.15) is 38.8 Å². The summed E-state index contributed by atoms with van der Waals surface area (Å²) in [6.07, 6.45) is 0. The number of aromatic nitrogens is 8. The molecule has 26 heteroatoms. The zero-order valence-corrected chi connectivity index (χ0v) is 40.6. The number of benzene rings is 4. The molecule has 0 spiro atoms. The third-order valence-corrected chi connectivity index (χ3v) is 11.7. The Morgan fingerprint density at radius 1 is 0.554 bits per heavy atom. The van der Waals surface area contributed by atoms with Crippen LogP contribution in [0.25, 0.3) is 61.9 Å². The van der Waals surface area contributed by atoms with Gasteiger partial charge >= 0.3 is 12.8 Å². The lowest BCUT2D eigenvalue weighted by Gasteiger charge is -2.32. The molecule has 0 unspecified atom stereocenters. The summed E-state index contributed by atoms with van der Waals surface area (Å²) < 4.78 is 23.2. The molecule has 4 aromatic carbocycles. The van der Waals surface area contributed by atoms with Gasteiger partial charge in [-0.2, -0.15) is 46.0 Å². The van der Waals surface area contributed by atoms with E-state index in [1.165, 1.54) is 0 Å². The lowest BCUT2D eigenvalue weighted by molar-refractivity contribution is 0.00578. The molecular weight excluding hydrogens is 1010 g/mol. The zero-order chi connectivity index (χ0) is 52.5. The molecule has 0 atom stereocenters. The predicted octanol–water partition coefficient (Wildman–Crippen LogP) is 6.09. The van der Waals surface area contributed by atoms with E-state index in [4.69, 9.17) is 75.3 Å². The smallest absolute Gasteiger partial charge is 0.434 e. The summed E-state index contributed by atoms with van der Waals surface area (Å²) in [6.45, 7) is 14.8. The van der Waals surface area contributed by atoms with Crippen molar-refractivity contribution in [2.75, 3.05) is 0 Å². The Kier molecular flexibility index (Phi) is 13.2. The van der Waals surface area contributed by atoms with Crippen LogP contribution in [0.5, 0.6) is 0 Å². The Morgan fingerprint density at radius 3 is 1.57 bits per heavy atom. The first-order valence-electron chi connectivity index (χ1n) is 21.2. The van der Waals surface area contributed by atoms with Crippen LogP contribution in [0.2, 0.25) is 15.9 Å². The summed E-state index contributed by atoms with van der Waals surface area (Å²) in [6, 6.07) is 30.6. The van der Waals surface area contributed by atoms with Gasteiger partial charge in [-0.1, -0.05) is 30.3 Å². The van der Waals surface area contributed by atoms with Gasteiger partial charge in [-0.05, 0) is 105 Å². The third-order valence-electron chi connectivity index (χ3n) is 11.2. The number of nitrogens with zero attached hydrogens (tertiary/aromatic N) is 18. The quantitative estimate of drug-likeness (QED) is 0.109. The van der Waals surface area contributed by atoms with Crippen LogP contribution in [-0.4, -0.2) is 58.2 Å². The van der Waals surface area contributed by atoms with E-state index in [0.717, 1.165) is 5.52 Å². The number of halogens is 3. The Labute approximate surface area is 431 Å². The Balaban J connectivity index is 0.000000143. The maximum atomic E-state index is 9.81. The number of para-hydroxylation sites is 4. The molecular formula is C48H24BCl3N18O4. The first kappa shape index (κ1) is 49.3. The van der Waals surface area contributed by atoms with E-state index in [2.05, 4.69) is 76.8 Å². The maximum Gasteiger partial charge on any atom is 0.496 e. The molecule has 354 valence electrons. The summed E-state index contributed by atoms with van der Waals surface area (Å²) in [5, 5.41) is 47.7. The van der Waals surface area contributed by atoms with Gasteiger partial charge in [0.1, 0.15) is 46.0 Å². The van der Waals surface area contributed by atoms with E-state index in [0.29, 0.717) is 43.8 Å². The average Bonchev–Trinajstić information content (AvgIpc) is 4.23. The molecule has 0 amide bonds. The number of allylic oxidation sites excluding steroid dienone is 2. The number of hydrogen-bond donors (Lipinski definition) is 0. The number of nitriles is 5. The van der Waals surface area contributed by atoms with Crippen LogP contribution in [0.15, 0.2) is 125 Å². The SMILES string of the molecule is CC1(C)OB(c2ccc3c(c2C#N)=NC(=C(C#N)C#N)N=3)OC1(C)C.Clc1nc(Cl)nc(-c2nc3ccccc3o2)n1.[C-]#[N+]/C(C#N)=C1\N=c2ccc(-c3nc(Cl)nc(-c4nc5ccccc5o4)n3)c(C#N)c2=N1. The molecule has 3 aliphatic rings. The largest absolute Gasteiger partial charge is 0.496 e. The van der Waals surface area contributed by atoms with Crippen molar-refractivity contribution < 1.29 is 18.1 Å². The number of fused-ring (bicyclic) bond motifs is 4. The van der Waals surface area contributed by atoms with E-state index in [-0.39, 0.29) is 84.5 Å². The number of hydrogen-bond acceptors (Lipinski definition) is 21. The topological polar surface area (TPSA) is 321 Å². The second-order valence-corrected chi connectivity index (χ2v) is 17.3. The molecule has 4 aromatic heterocycles. The fourth-order valence-corrected chi connectivity index (χ4v) is 7.57. The van der Waals surface area contributed by atoms with Gasteiger partial charge in [-0.25, -0.2) is 45.0 Å². The van der Waals surface area contributed by atoms with Gasteiger partial charge in [-0.15, -0.1) is 0 Å². The first-order chi connectivity index (χ1) is 35.6. The average molecular weight is 1030 g/mol. The van der Waals surface area contributed by atoms with Crippen LogP contribution < -0.4 is 26.9 Å². The van der Waals surface area contributed by atoms with Gasteiger partial charge in [0.2, 0.25) is 27.5 Å². The summed E-state index contributed by atoms with van der Waals surface area (Å²) >= 11 is 17.5. The van der Waals surface area contributed by atoms with Gasteiger partial charge in [-0.3, -0.25) is 0 Å². The Bertz CT molecular complexity index is 4190. The highest BCUT2D eigenvalue weighted by Gasteiger charge is 2.52. The fourth-order valence-electron chi connectivity index (χ4n) is 7.05. The third kappa shape index (κ3) is 9.47. The van der Waals surface area contributed by atoms with E-state index >= 15 is 0 Å². The summed E-state index contributed by atoms with van der Waals surface area (Å²) in [4.78, 5) is 52.5. The summed E-state index contributed by atoms with van der Waals surface area (Å²) in [5.74, 6) is 0.803. The number of rotatable bonds is 4. The van der Waals surface area contributed by atoms with E-state index < -0.39 is 18.3 Å². The van der Waals surface area contributed by atoms with Crippen molar-refractivity contribution >= 4 is 69.6 Å². The van der Waals surface area contributed by atoms with Crippen molar-refractivity contribution in [3.8, 4) is 65.2 Å². The van der Waals surface area contributed by atoms with Crippen LogP contribution in [-0.2, 0) is 9.31 Å². The molecule has 0 saturated carbocycles. The summed E-state index contributed by atoms with van der Waals surface area (Å²) in [7, 11) is -0.709. The van der Waals surface area contributed by atoms with Crippen molar-refractivity contribution in [3.63, 3.8) is 0 Å². The van der Waals surface area contributed by atoms with Gasteiger partial charge in [0.25, 0.3) is 11.8 Å². The fraction of sp³-hybridized carbons (Fsp3) is 0.125. The van der Waals surface area contributed by atoms with Gasteiger partial charge in [0.05, 0.1) is 45.7 Å². The highest BCUT2D eigenvalue weighted by atomic mass is 35.5. The molecule has 7 heterocycles. The van der Waals surface area contributed by atoms with Crippen molar-refractivity contribution in [2.45, 2.75) is 38.9 Å². The predicted molar refractivity (Wildman–Crippen MR) is 260 cm³/mol. The standard InChI is InChI=1S/C21H6ClN9O.C17H14BN5O2.C10H4Cl2N4O/c1-25-14(9-24)18-26-13-7-6-10(11(8-23)16(13)28-18)17-29-19(31-21(22)30-17)20-27-12-4-2-3-5-15(12)32-20;1-16(2)17(3,4)25-18(24-16)12-5-6-13-14(11(12)9-21)23-15(22-13)10(7-19)8-20;11-9-14-7(15-10(12)16-9)8-13-5-3-1-2-4-6(5)17-8/h2-7H;5-6H,1-4H3;1-4H/b18-14+;;. The lowest BCUT2D eigenvalue weighted by Crippen LogP contribution is -2.42. The molecule has 22 nitrogen and oxygen atoms in total. The monoisotopic (exact) mass is 1030 g/mol.